The number of rotatable bonds is 5. The van der Waals surface area contributed by atoms with Crippen molar-refractivity contribution in [1.82, 2.24) is 0 Å². The smallest absolute Gasteiger partial charge is 0.162 e. The Bertz CT molecular complexity index is 386. The monoisotopic (exact) mass is 221 g/mol. The molecular weight excluding hydrogens is 202 g/mol. The van der Waals surface area contributed by atoms with Crippen LogP contribution in [0.2, 0.25) is 0 Å². The van der Waals surface area contributed by atoms with Gasteiger partial charge in [0.1, 0.15) is 5.75 Å². The van der Waals surface area contributed by atoms with E-state index in [1.54, 1.807) is 14.0 Å². The van der Waals surface area contributed by atoms with Gasteiger partial charge < -0.3 is 10.1 Å². The van der Waals surface area contributed by atoms with Gasteiger partial charge in [0.05, 0.1) is 7.11 Å². The number of aryl methyl sites for hydroxylation is 1. The van der Waals surface area contributed by atoms with Crippen molar-refractivity contribution >= 4 is 11.5 Å². The summed E-state index contributed by atoms with van der Waals surface area (Å²) in [6.45, 7) is 3.70. The predicted molar refractivity (Wildman–Crippen MR) is 66.5 cm³/mol. The average molecular weight is 221 g/mol. The fraction of sp³-hybridized carbons (Fsp3) is 0.462. The van der Waals surface area contributed by atoms with Gasteiger partial charge in [-0.2, -0.15) is 0 Å². The van der Waals surface area contributed by atoms with Crippen LogP contribution in [0.3, 0.4) is 0 Å². The molecule has 88 valence electrons. The molecule has 0 aliphatic rings. The Morgan fingerprint density at radius 1 is 1.44 bits per heavy atom. The van der Waals surface area contributed by atoms with E-state index in [0.717, 1.165) is 35.4 Å². The zero-order valence-electron chi connectivity index (χ0n) is 10.4. The number of benzene rings is 1. The topological polar surface area (TPSA) is 38.3 Å². The van der Waals surface area contributed by atoms with Crippen LogP contribution in [0.5, 0.6) is 5.75 Å². The van der Waals surface area contributed by atoms with Gasteiger partial charge in [0.2, 0.25) is 0 Å². The van der Waals surface area contributed by atoms with Gasteiger partial charge in [0, 0.05) is 24.4 Å². The number of carbonyl (C=O) groups is 1. The van der Waals surface area contributed by atoms with Gasteiger partial charge in [-0.25, -0.2) is 0 Å². The van der Waals surface area contributed by atoms with Gasteiger partial charge in [-0.3, -0.25) is 4.79 Å². The Hall–Kier alpha value is -1.51. The number of methoxy groups -OCH3 is 1. The molecule has 3 heteroatoms. The third-order valence-corrected chi connectivity index (χ3v) is 2.57. The minimum absolute atomic E-state index is 0.0930. The Balaban J connectivity index is 3.34. The van der Waals surface area contributed by atoms with Gasteiger partial charge >= 0.3 is 0 Å². The number of ketones is 1. The summed E-state index contributed by atoms with van der Waals surface area (Å²) in [4.78, 5) is 11.6. The van der Waals surface area contributed by atoms with Crippen molar-refractivity contribution in [1.29, 1.82) is 0 Å². The summed E-state index contributed by atoms with van der Waals surface area (Å²) < 4.78 is 5.23. The summed E-state index contributed by atoms with van der Waals surface area (Å²) in [6.07, 6.45) is 1.90. The first kappa shape index (κ1) is 12.6. The molecule has 1 rings (SSSR count). The van der Waals surface area contributed by atoms with Crippen LogP contribution in [0.4, 0.5) is 5.69 Å². The first-order valence-corrected chi connectivity index (χ1v) is 5.53. The standard InChI is InChI=1S/C13H19NO2/c1-5-6-10-7-11(16-4)8-12(14-3)13(10)9(2)15/h7-8,14H,5-6H2,1-4H3. The number of ether oxygens (including phenoxy) is 1. The van der Waals surface area contributed by atoms with Crippen molar-refractivity contribution in [2.45, 2.75) is 26.7 Å². The van der Waals surface area contributed by atoms with Crippen LogP contribution in [0.1, 0.15) is 36.2 Å². The fourth-order valence-electron chi connectivity index (χ4n) is 1.87. The second-order valence-corrected chi connectivity index (χ2v) is 3.77. The van der Waals surface area contributed by atoms with Crippen LogP contribution in [0.25, 0.3) is 0 Å². The van der Waals surface area contributed by atoms with Gasteiger partial charge in [-0.05, 0) is 25.0 Å². The molecule has 0 bridgehead atoms. The Labute approximate surface area is 96.8 Å². The first-order valence-electron chi connectivity index (χ1n) is 5.53. The third-order valence-electron chi connectivity index (χ3n) is 2.57. The maximum absolute atomic E-state index is 11.6. The van der Waals surface area contributed by atoms with Crippen molar-refractivity contribution in [3.8, 4) is 5.75 Å². The van der Waals surface area contributed by atoms with E-state index in [4.69, 9.17) is 4.74 Å². The van der Waals surface area contributed by atoms with E-state index in [0.29, 0.717) is 0 Å². The molecule has 16 heavy (non-hydrogen) atoms. The Kier molecular flexibility index (Phi) is 4.35. The lowest BCUT2D eigenvalue weighted by Crippen LogP contribution is -2.06. The molecule has 0 radical (unpaired) electrons. The summed E-state index contributed by atoms with van der Waals surface area (Å²) in [6, 6.07) is 3.80. The molecule has 0 aliphatic heterocycles. The number of hydrogen-bond donors (Lipinski definition) is 1. The van der Waals surface area contributed by atoms with Crippen LogP contribution in [-0.2, 0) is 6.42 Å². The van der Waals surface area contributed by atoms with Gasteiger partial charge in [-0.1, -0.05) is 13.3 Å². The van der Waals surface area contributed by atoms with E-state index in [9.17, 15) is 4.79 Å². The molecule has 0 saturated carbocycles. The largest absolute Gasteiger partial charge is 0.497 e. The minimum Gasteiger partial charge on any atom is -0.497 e. The van der Waals surface area contributed by atoms with Crippen molar-refractivity contribution in [3.05, 3.63) is 23.3 Å². The Morgan fingerprint density at radius 3 is 2.56 bits per heavy atom. The maximum atomic E-state index is 11.6. The van der Waals surface area contributed by atoms with Crippen molar-refractivity contribution in [3.63, 3.8) is 0 Å². The lowest BCUT2D eigenvalue weighted by atomic mass is 9.98. The van der Waals surface area contributed by atoms with Crippen molar-refractivity contribution in [2.24, 2.45) is 0 Å². The zero-order chi connectivity index (χ0) is 12.1. The average Bonchev–Trinajstić information content (AvgIpc) is 2.27. The number of hydrogen-bond acceptors (Lipinski definition) is 3. The maximum Gasteiger partial charge on any atom is 0.162 e. The summed E-state index contributed by atoms with van der Waals surface area (Å²) >= 11 is 0. The van der Waals surface area contributed by atoms with E-state index in [-0.39, 0.29) is 5.78 Å². The third kappa shape index (κ3) is 2.54. The normalized spacial score (nSPS) is 10.0. The molecule has 3 nitrogen and oxygen atoms in total. The SMILES string of the molecule is CCCc1cc(OC)cc(NC)c1C(C)=O. The van der Waals surface area contributed by atoms with Gasteiger partial charge in [0.15, 0.2) is 5.78 Å². The molecule has 0 aliphatic carbocycles. The summed E-state index contributed by atoms with van der Waals surface area (Å²) in [5, 5.41) is 3.05. The quantitative estimate of drug-likeness (QED) is 0.777. The minimum atomic E-state index is 0.0930. The van der Waals surface area contributed by atoms with Gasteiger partial charge in [-0.15, -0.1) is 0 Å². The molecule has 0 unspecified atom stereocenters. The molecule has 0 aromatic heterocycles. The van der Waals surface area contributed by atoms with E-state index < -0.39 is 0 Å². The lowest BCUT2D eigenvalue weighted by molar-refractivity contribution is 0.101. The molecule has 1 aromatic rings. The van der Waals surface area contributed by atoms with E-state index >= 15 is 0 Å². The lowest BCUT2D eigenvalue weighted by Gasteiger charge is -2.14. The van der Waals surface area contributed by atoms with Crippen molar-refractivity contribution in [2.75, 3.05) is 19.5 Å². The number of Topliss-reactive ketones (excluding diaryl/α,β-unsaturated/α-hetero) is 1. The van der Waals surface area contributed by atoms with Gasteiger partial charge in [0.25, 0.3) is 0 Å². The molecule has 0 spiro atoms. The fourth-order valence-corrected chi connectivity index (χ4v) is 1.87. The molecule has 0 saturated heterocycles. The predicted octanol–water partition coefficient (Wildman–Crippen LogP) is 2.89. The van der Waals surface area contributed by atoms with E-state index in [1.807, 2.05) is 19.2 Å². The molecule has 0 atom stereocenters. The van der Waals surface area contributed by atoms with E-state index in [2.05, 4.69) is 12.2 Å². The van der Waals surface area contributed by atoms with Crippen LogP contribution >= 0.6 is 0 Å². The second kappa shape index (κ2) is 5.54. The zero-order valence-corrected chi connectivity index (χ0v) is 10.4. The summed E-state index contributed by atoms with van der Waals surface area (Å²) in [5.74, 6) is 0.883. The van der Waals surface area contributed by atoms with Crippen LogP contribution in [-0.4, -0.2) is 19.9 Å². The molecule has 0 heterocycles. The molecule has 1 aromatic carbocycles. The number of anilines is 1. The van der Waals surface area contributed by atoms with Crippen molar-refractivity contribution < 1.29 is 9.53 Å². The molecule has 0 fully saturated rings. The molecule has 1 N–H and O–H groups in total. The van der Waals surface area contributed by atoms with E-state index in [1.165, 1.54) is 0 Å². The Morgan fingerprint density at radius 2 is 2.12 bits per heavy atom. The van der Waals surface area contributed by atoms with Crippen LogP contribution < -0.4 is 10.1 Å². The molecule has 0 amide bonds. The number of carbonyl (C=O) groups excluding carboxylic acids is 1. The first-order chi connectivity index (χ1) is 7.63. The highest BCUT2D eigenvalue weighted by molar-refractivity contribution is 6.01. The summed E-state index contributed by atoms with van der Waals surface area (Å²) in [5.41, 5.74) is 2.68. The number of nitrogens with one attached hydrogen (secondary N) is 1. The summed E-state index contributed by atoms with van der Waals surface area (Å²) in [7, 11) is 3.45. The molecular formula is C13H19NO2. The highest BCUT2D eigenvalue weighted by atomic mass is 16.5. The second-order valence-electron chi connectivity index (χ2n) is 3.77. The highest BCUT2D eigenvalue weighted by Gasteiger charge is 2.13. The van der Waals surface area contributed by atoms with Crippen LogP contribution in [0.15, 0.2) is 12.1 Å². The van der Waals surface area contributed by atoms with Crippen LogP contribution in [0, 0.1) is 0 Å². The highest BCUT2D eigenvalue weighted by Crippen LogP contribution is 2.28.